The molecule has 0 aromatic heterocycles. The van der Waals surface area contributed by atoms with Crippen LogP contribution in [0, 0.1) is 5.92 Å². The van der Waals surface area contributed by atoms with Gasteiger partial charge in [0.1, 0.15) is 0 Å². The molecule has 0 saturated carbocycles. The molecule has 2 unspecified atom stereocenters. The van der Waals surface area contributed by atoms with Gasteiger partial charge in [-0.05, 0) is 44.1 Å². The second-order valence-corrected chi connectivity index (χ2v) is 6.46. The maximum Gasteiger partial charge on any atom is 0.0640 e. The maximum absolute atomic E-state index is 6.34. The Balaban J connectivity index is 2.67. The van der Waals surface area contributed by atoms with Gasteiger partial charge in [0.15, 0.2) is 0 Å². The lowest BCUT2D eigenvalue weighted by molar-refractivity contribution is 0.234. The molecule has 0 aliphatic rings. The Kier molecular flexibility index (Phi) is 8.65. The molecule has 0 saturated heterocycles. The van der Waals surface area contributed by atoms with Crippen molar-refractivity contribution >= 4 is 23.2 Å². The summed E-state index contributed by atoms with van der Waals surface area (Å²) in [6, 6.07) is 6.09. The van der Waals surface area contributed by atoms with Crippen molar-refractivity contribution in [2.45, 2.75) is 39.7 Å². The first kappa shape index (κ1) is 18.8. The van der Waals surface area contributed by atoms with E-state index in [1.54, 1.807) is 0 Å². The van der Waals surface area contributed by atoms with Gasteiger partial charge in [0, 0.05) is 12.6 Å². The van der Waals surface area contributed by atoms with Gasteiger partial charge in [-0.3, -0.25) is 0 Å². The predicted octanol–water partition coefficient (Wildman–Crippen LogP) is 5.01. The molecule has 4 heteroatoms. The first-order chi connectivity index (χ1) is 10.0. The van der Waals surface area contributed by atoms with E-state index in [9.17, 15) is 0 Å². The molecule has 0 aliphatic heterocycles. The van der Waals surface area contributed by atoms with Crippen LogP contribution in [-0.2, 0) is 0 Å². The van der Waals surface area contributed by atoms with Crippen molar-refractivity contribution in [3.05, 3.63) is 33.8 Å². The Morgan fingerprint density at radius 2 is 1.95 bits per heavy atom. The van der Waals surface area contributed by atoms with Gasteiger partial charge in [-0.2, -0.15) is 0 Å². The second kappa shape index (κ2) is 9.68. The highest BCUT2D eigenvalue weighted by molar-refractivity contribution is 6.42. The highest BCUT2D eigenvalue weighted by atomic mass is 35.5. The molecule has 2 atom stereocenters. The van der Waals surface area contributed by atoms with Gasteiger partial charge in [-0.15, -0.1) is 0 Å². The topological polar surface area (TPSA) is 15.3 Å². The van der Waals surface area contributed by atoms with E-state index in [0.29, 0.717) is 10.0 Å². The van der Waals surface area contributed by atoms with Crippen molar-refractivity contribution < 1.29 is 0 Å². The molecule has 0 aliphatic carbocycles. The SMILES string of the molecule is CCC(C)CN(CC)CCC(NC)c1cccc(Cl)c1Cl. The smallest absolute Gasteiger partial charge is 0.0640 e. The van der Waals surface area contributed by atoms with Gasteiger partial charge in [-0.25, -0.2) is 0 Å². The average molecular weight is 331 g/mol. The summed E-state index contributed by atoms with van der Waals surface area (Å²) in [7, 11) is 1.98. The number of halogens is 2. The van der Waals surface area contributed by atoms with E-state index in [1.165, 1.54) is 6.42 Å². The predicted molar refractivity (Wildman–Crippen MR) is 94.4 cm³/mol. The molecule has 0 radical (unpaired) electrons. The van der Waals surface area contributed by atoms with Crippen molar-refractivity contribution in [2.75, 3.05) is 26.7 Å². The van der Waals surface area contributed by atoms with Crippen LogP contribution in [0.3, 0.4) is 0 Å². The summed E-state index contributed by atoms with van der Waals surface area (Å²) in [5.74, 6) is 0.743. The van der Waals surface area contributed by atoms with Crippen LogP contribution < -0.4 is 5.32 Å². The molecule has 21 heavy (non-hydrogen) atoms. The van der Waals surface area contributed by atoms with Gasteiger partial charge < -0.3 is 10.2 Å². The molecular weight excluding hydrogens is 303 g/mol. The summed E-state index contributed by atoms with van der Waals surface area (Å²) in [5, 5.41) is 4.66. The number of nitrogens with one attached hydrogen (secondary N) is 1. The van der Waals surface area contributed by atoms with E-state index in [2.05, 4.69) is 37.1 Å². The number of benzene rings is 1. The molecule has 0 bridgehead atoms. The Bertz CT molecular complexity index is 423. The average Bonchev–Trinajstić information content (AvgIpc) is 2.50. The van der Waals surface area contributed by atoms with E-state index >= 15 is 0 Å². The van der Waals surface area contributed by atoms with Gasteiger partial charge in [-0.1, -0.05) is 62.5 Å². The molecule has 0 fully saturated rings. The summed E-state index contributed by atoms with van der Waals surface area (Å²) in [4.78, 5) is 2.51. The first-order valence-corrected chi connectivity index (χ1v) is 8.62. The molecular formula is C17H28Cl2N2. The van der Waals surface area contributed by atoms with Crippen LogP contribution in [0.2, 0.25) is 10.0 Å². The van der Waals surface area contributed by atoms with Crippen molar-refractivity contribution in [3.8, 4) is 0 Å². The lowest BCUT2D eigenvalue weighted by atomic mass is 10.0. The zero-order valence-corrected chi connectivity index (χ0v) is 15.1. The zero-order chi connectivity index (χ0) is 15.8. The maximum atomic E-state index is 6.34. The lowest BCUT2D eigenvalue weighted by Gasteiger charge is -2.26. The van der Waals surface area contributed by atoms with Crippen LogP contribution in [0.5, 0.6) is 0 Å². The van der Waals surface area contributed by atoms with Crippen LogP contribution in [0.15, 0.2) is 18.2 Å². The summed E-state index contributed by atoms with van der Waals surface area (Å²) < 4.78 is 0. The molecule has 2 nitrogen and oxygen atoms in total. The number of hydrogen-bond donors (Lipinski definition) is 1. The molecule has 1 N–H and O–H groups in total. The standard InChI is InChI=1S/C17H28Cl2N2/c1-5-13(3)12-21(6-2)11-10-16(20-4)14-8-7-9-15(18)17(14)19/h7-9,13,16,20H,5-6,10-12H2,1-4H3. The van der Waals surface area contributed by atoms with Crippen molar-refractivity contribution in [2.24, 2.45) is 5.92 Å². The van der Waals surface area contributed by atoms with Crippen LogP contribution in [-0.4, -0.2) is 31.6 Å². The molecule has 120 valence electrons. The number of rotatable bonds is 9. The number of nitrogens with zero attached hydrogens (tertiary/aromatic N) is 1. The summed E-state index contributed by atoms with van der Waals surface area (Å²) >= 11 is 12.5. The molecule has 0 spiro atoms. The van der Waals surface area contributed by atoms with Crippen LogP contribution in [0.4, 0.5) is 0 Å². The van der Waals surface area contributed by atoms with Crippen molar-refractivity contribution in [1.29, 1.82) is 0 Å². The van der Waals surface area contributed by atoms with Gasteiger partial charge in [0.25, 0.3) is 0 Å². The van der Waals surface area contributed by atoms with E-state index < -0.39 is 0 Å². The lowest BCUT2D eigenvalue weighted by Crippen LogP contribution is -2.32. The highest BCUT2D eigenvalue weighted by Crippen LogP contribution is 2.31. The van der Waals surface area contributed by atoms with E-state index in [-0.39, 0.29) is 6.04 Å². The van der Waals surface area contributed by atoms with Crippen molar-refractivity contribution in [3.63, 3.8) is 0 Å². The number of hydrogen-bond acceptors (Lipinski definition) is 2. The Morgan fingerprint density at radius 1 is 1.24 bits per heavy atom. The Morgan fingerprint density at radius 3 is 2.52 bits per heavy atom. The largest absolute Gasteiger partial charge is 0.313 e. The van der Waals surface area contributed by atoms with Crippen LogP contribution >= 0.6 is 23.2 Å². The minimum absolute atomic E-state index is 0.238. The van der Waals surface area contributed by atoms with Crippen LogP contribution in [0.1, 0.15) is 45.2 Å². The fourth-order valence-corrected chi connectivity index (χ4v) is 2.94. The second-order valence-electron chi connectivity index (χ2n) is 5.68. The van der Waals surface area contributed by atoms with Crippen LogP contribution in [0.25, 0.3) is 0 Å². The van der Waals surface area contributed by atoms with Gasteiger partial charge in [0.05, 0.1) is 10.0 Å². The Labute approximate surface area is 139 Å². The minimum Gasteiger partial charge on any atom is -0.313 e. The monoisotopic (exact) mass is 330 g/mol. The van der Waals surface area contributed by atoms with E-state index in [1.807, 2.05) is 19.2 Å². The zero-order valence-electron chi connectivity index (χ0n) is 13.6. The fourth-order valence-electron chi connectivity index (χ4n) is 2.50. The summed E-state index contributed by atoms with van der Waals surface area (Å²) in [6.07, 6.45) is 2.26. The van der Waals surface area contributed by atoms with Gasteiger partial charge >= 0.3 is 0 Å². The third-order valence-corrected chi connectivity index (χ3v) is 4.99. The minimum atomic E-state index is 0.238. The first-order valence-electron chi connectivity index (χ1n) is 7.86. The molecule has 1 aromatic carbocycles. The molecule has 0 heterocycles. The molecule has 1 aromatic rings. The van der Waals surface area contributed by atoms with E-state index in [4.69, 9.17) is 23.2 Å². The van der Waals surface area contributed by atoms with Crippen molar-refractivity contribution in [1.82, 2.24) is 10.2 Å². The normalized spacial score (nSPS) is 14.4. The summed E-state index contributed by atoms with van der Waals surface area (Å²) in [5.41, 5.74) is 1.09. The highest BCUT2D eigenvalue weighted by Gasteiger charge is 2.16. The third-order valence-electron chi connectivity index (χ3n) is 4.15. The Hall–Kier alpha value is -0.280. The molecule has 0 amide bonds. The third kappa shape index (κ3) is 5.78. The van der Waals surface area contributed by atoms with Gasteiger partial charge in [0.2, 0.25) is 0 Å². The molecule has 1 rings (SSSR count). The van der Waals surface area contributed by atoms with E-state index in [0.717, 1.165) is 37.5 Å². The fraction of sp³-hybridized carbons (Fsp3) is 0.647. The quantitative estimate of drug-likeness (QED) is 0.684. The summed E-state index contributed by atoms with van der Waals surface area (Å²) in [6.45, 7) is 10.1.